The van der Waals surface area contributed by atoms with E-state index in [2.05, 4.69) is 27.9 Å². The standard InChI is InChI=1S/C16H20IN3O4/c1-2-24-16(23)20-9-7-19(8-10-20)14(21)11-18-15(22)12-5-3-4-6-13(12)17/h3-6H,2,7-11H2,1H3,(H,18,22). The van der Waals surface area contributed by atoms with Crippen LogP contribution in [0.1, 0.15) is 17.3 Å². The van der Waals surface area contributed by atoms with E-state index in [0.29, 0.717) is 38.3 Å². The van der Waals surface area contributed by atoms with E-state index in [1.807, 2.05) is 12.1 Å². The van der Waals surface area contributed by atoms with Gasteiger partial charge >= 0.3 is 6.09 Å². The maximum atomic E-state index is 12.2. The zero-order valence-corrected chi connectivity index (χ0v) is 15.6. The van der Waals surface area contributed by atoms with Gasteiger partial charge in [-0.1, -0.05) is 12.1 Å². The molecule has 3 amide bonds. The Morgan fingerprint density at radius 2 is 1.75 bits per heavy atom. The number of benzene rings is 1. The molecule has 2 rings (SSSR count). The first-order valence-corrected chi connectivity index (χ1v) is 8.83. The molecule has 1 aliphatic rings. The molecule has 0 aliphatic carbocycles. The summed E-state index contributed by atoms with van der Waals surface area (Å²) in [5.74, 6) is -0.420. The van der Waals surface area contributed by atoms with Crippen LogP contribution in [0.5, 0.6) is 0 Å². The summed E-state index contributed by atoms with van der Waals surface area (Å²) in [6.07, 6.45) is -0.350. The van der Waals surface area contributed by atoms with Gasteiger partial charge in [-0.2, -0.15) is 0 Å². The maximum Gasteiger partial charge on any atom is 0.409 e. The lowest BCUT2D eigenvalue weighted by Gasteiger charge is -2.34. The van der Waals surface area contributed by atoms with E-state index in [9.17, 15) is 14.4 Å². The minimum Gasteiger partial charge on any atom is -0.450 e. The summed E-state index contributed by atoms with van der Waals surface area (Å²) in [6, 6.07) is 7.20. The van der Waals surface area contributed by atoms with E-state index in [-0.39, 0.29) is 24.5 Å². The SMILES string of the molecule is CCOC(=O)N1CCN(C(=O)CNC(=O)c2ccccc2I)CC1. The fraction of sp³-hybridized carbons (Fsp3) is 0.438. The first-order valence-electron chi connectivity index (χ1n) is 7.75. The molecule has 7 nitrogen and oxygen atoms in total. The van der Waals surface area contributed by atoms with E-state index in [1.165, 1.54) is 0 Å². The fourth-order valence-electron chi connectivity index (χ4n) is 2.36. The highest BCUT2D eigenvalue weighted by molar-refractivity contribution is 14.1. The predicted molar refractivity (Wildman–Crippen MR) is 96.7 cm³/mol. The molecule has 1 fully saturated rings. The number of amides is 3. The monoisotopic (exact) mass is 445 g/mol. The molecule has 0 aromatic heterocycles. The second-order valence-electron chi connectivity index (χ2n) is 5.23. The largest absolute Gasteiger partial charge is 0.450 e. The summed E-state index contributed by atoms with van der Waals surface area (Å²) < 4.78 is 5.78. The highest BCUT2D eigenvalue weighted by Crippen LogP contribution is 2.11. The van der Waals surface area contributed by atoms with Crippen LogP contribution in [0.15, 0.2) is 24.3 Å². The fourth-order valence-corrected chi connectivity index (χ4v) is 2.99. The number of ether oxygens (including phenoxy) is 1. The lowest BCUT2D eigenvalue weighted by molar-refractivity contribution is -0.131. The van der Waals surface area contributed by atoms with Crippen molar-refractivity contribution in [3.05, 3.63) is 33.4 Å². The van der Waals surface area contributed by atoms with Crippen LogP contribution in [0.4, 0.5) is 4.79 Å². The molecule has 1 saturated heterocycles. The van der Waals surface area contributed by atoms with Crippen molar-refractivity contribution in [1.29, 1.82) is 0 Å². The summed E-state index contributed by atoms with van der Waals surface area (Å²) in [5.41, 5.74) is 0.554. The van der Waals surface area contributed by atoms with Gasteiger partial charge in [0.1, 0.15) is 0 Å². The molecule has 1 N–H and O–H groups in total. The number of rotatable bonds is 4. The van der Waals surface area contributed by atoms with Crippen molar-refractivity contribution in [2.24, 2.45) is 0 Å². The number of piperazine rings is 1. The van der Waals surface area contributed by atoms with E-state index in [0.717, 1.165) is 3.57 Å². The number of nitrogens with zero attached hydrogens (tertiary/aromatic N) is 2. The Bertz CT molecular complexity index is 615. The molecule has 1 aromatic carbocycles. The molecule has 1 aliphatic heterocycles. The Hall–Kier alpha value is -1.84. The Morgan fingerprint density at radius 3 is 2.38 bits per heavy atom. The van der Waals surface area contributed by atoms with Gasteiger partial charge in [0.05, 0.1) is 18.7 Å². The number of halogens is 1. The molecular formula is C16H20IN3O4. The first-order chi connectivity index (χ1) is 11.5. The molecule has 0 unspecified atom stereocenters. The van der Waals surface area contributed by atoms with Crippen molar-refractivity contribution in [3.8, 4) is 0 Å². The third kappa shape index (κ3) is 4.83. The summed E-state index contributed by atoms with van der Waals surface area (Å²) in [5, 5.41) is 2.65. The van der Waals surface area contributed by atoms with Gasteiger partial charge in [-0.25, -0.2) is 4.79 Å². The van der Waals surface area contributed by atoms with E-state index in [1.54, 1.807) is 28.9 Å². The molecule has 0 spiro atoms. The molecule has 0 saturated carbocycles. The van der Waals surface area contributed by atoms with Crippen molar-refractivity contribution in [3.63, 3.8) is 0 Å². The lowest BCUT2D eigenvalue weighted by Crippen LogP contribution is -2.52. The van der Waals surface area contributed by atoms with Gasteiger partial charge in [0.15, 0.2) is 0 Å². The van der Waals surface area contributed by atoms with Gasteiger partial charge < -0.3 is 19.9 Å². The van der Waals surface area contributed by atoms with Crippen molar-refractivity contribution in [2.45, 2.75) is 6.92 Å². The zero-order valence-electron chi connectivity index (χ0n) is 13.5. The van der Waals surface area contributed by atoms with E-state index >= 15 is 0 Å². The summed E-state index contributed by atoms with van der Waals surface area (Å²) >= 11 is 2.09. The van der Waals surface area contributed by atoms with Crippen LogP contribution < -0.4 is 5.32 Å². The maximum absolute atomic E-state index is 12.2. The Morgan fingerprint density at radius 1 is 1.12 bits per heavy atom. The molecule has 0 bridgehead atoms. The second-order valence-corrected chi connectivity index (χ2v) is 6.39. The second kappa shape index (κ2) is 8.86. The summed E-state index contributed by atoms with van der Waals surface area (Å²) in [7, 11) is 0. The van der Waals surface area contributed by atoms with Crippen molar-refractivity contribution in [2.75, 3.05) is 39.3 Å². The van der Waals surface area contributed by atoms with Gasteiger partial charge in [0.25, 0.3) is 5.91 Å². The first kappa shape index (κ1) is 18.5. The van der Waals surface area contributed by atoms with Gasteiger partial charge in [0.2, 0.25) is 5.91 Å². The van der Waals surface area contributed by atoms with Crippen LogP contribution in [0.2, 0.25) is 0 Å². The predicted octanol–water partition coefficient (Wildman–Crippen LogP) is 1.32. The molecule has 1 heterocycles. The summed E-state index contributed by atoms with van der Waals surface area (Å²) in [6.45, 7) is 3.80. The molecule has 8 heteroatoms. The van der Waals surface area contributed by atoms with Gasteiger partial charge in [0, 0.05) is 29.7 Å². The lowest BCUT2D eigenvalue weighted by atomic mass is 10.2. The van der Waals surface area contributed by atoms with Crippen LogP contribution >= 0.6 is 22.6 Å². The van der Waals surface area contributed by atoms with Crippen LogP contribution in [0, 0.1) is 3.57 Å². The molecule has 24 heavy (non-hydrogen) atoms. The normalized spacial score (nSPS) is 14.2. The van der Waals surface area contributed by atoms with Crippen LogP contribution in [0.25, 0.3) is 0 Å². The number of hydrogen-bond donors (Lipinski definition) is 1. The average Bonchev–Trinajstić information content (AvgIpc) is 2.60. The average molecular weight is 445 g/mol. The zero-order chi connectivity index (χ0) is 17.5. The van der Waals surface area contributed by atoms with E-state index in [4.69, 9.17) is 4.74 Å². The van der Waals surface area contributed by atoms with Gasteiger partial charge in [-0.3, -0.25) is 9.59 Å². The number of hydrogen-bond acceptors (Lipinski definition) is 4. The number of nitrogens with one attached hydrogen (secondary N) is 1. The molecule has 0 atom stereocenters. The molecule has 130 valence electrons. The quantitative estimate of drug-likeness (QED) is 0.710. The topological polar surface area (TPSA) is 79.0 Å². The van der Waals surface area contributed by atoms with E-state index < -0.39 is 0 Å². The van der Waals surface area contributed by atoms with Crippen molar-refractivity contribution < 1.29 is 19.1 Å². The van der Waals surface area contributed by atoms with Crippen LogP contribution in [-0.2, 0) is 9.53 Å². The minimum absolute atomic E-state index is 0.0524. The van der Waals surface area contributed by atoms with Crippen LogP contribution in [-0.4, -0.2) is 67.0 Å². The summed E-state index contributed by atoms with van der Waals surface area (Å²) in [4.78, 5) is 39.2. The highest BCUT2D eigenvalue weighted by atomic mass is 127. The minimum atomic E-state index is -0.350. The number of carbonyl (C=O) groups excluding carboxylic acids is 3. The van der Waals surface area contributed by atoms with Gasteiger partial charge in [-0.05, 0) is 41.6 Å². The highest BCUT2D eigenvalue weighted by Gasteiger charge is 2.25. The Kier molecular flexibility index (Phi) is 6.83. The van der Waals surface area contributed by atoms with Crippen LogP contribution in [0.3, 0.4) is 0 Å². The Labute approximate surface area is 154 Å². The molecule has 0 radical (unpaired) electrons. The Balaban J connectivity index is 1.79. The third-order valence-corrected chi connectivity index (χ3v) is 4.62. The van der Waals surface area contributed by atoms with Crippen molar-refractivity contribution in [1.82, 2.24) is 15.1 Å². The third-order valence-electron chi connectivity index (χ3n) is 3.68. The number of carbonyl (C=O) groups is 3. The van der Waals surface area contributed by atoms with Gasteiger partial charge in [-0.15, -0.1) is 0 Å². The molecule has 1 aromatic rings. The van der Waals surface area contributed by atoms with Crippen molar-refractivity contribution >= 4 is 40.5 Å². The molecular weight excluding hydrogens is 425 g/mol. The smallest absolute Gasteiger partial charge is 0.409 e.